The van der Waals surface area contributed by atoms with E-state index in [0.717, 1.165) is 36.0 Å². The molecule has 144 valence electrons. The second-order valence-electron chi connectivity index (χ2n) is 6.91. The van der Waals surface area contributed by atoms with E-state index in [0.29, 0.717) is 18.7 Å². The number of likely N-dealkylation sites (tertiary alicyclic amines) is 1. The summed E-state index contributed by atoms with van der Waals surface area (Å²) >= 11 is 1.54. The minimum absolute atomic E-state index is 0.0193. The summed E-state index contributed by atoms with van der Waals surface area (Å²) in [5, 5.41) is 4.94. The maximum absolute atomic E-state index is 13.4. The molecule has 0 aliphatic carbocycles. The molecule has 1 atom stereocenters. The Morgan fingerprint density at radius 2 is 2.00 bits per heavy atom. The van der Waals surface area contributed by atoms with Crippen molar-refractivity contribution in [1.29, 1.82) is 0 Å². The lowest BCUT2D eigenvalue weighted by Gasteiger charge is -2.16. The van der Waals surface area contributed by atoms with Crippen molar-refractivity contribution in [2.45, 2.75) is 13.0 Å². The fraction of sp³-hybridized carbons (Fsp3) is 0.238. The SMILES string of the molecule is O=C(Nc1ccc(-c2cscn2)cc1)C1CCN(Cc2ccc(F)c(F)c2)C1. The third-order valence-corrected chi connectivity index (χ3v) is 5.50. The van der Waals surface area contributed by atoms with Crippen molar-refractivity contribution in [1.82, 2.24) is 9.88 Å². The van der Waals surface area contributed by atoms with Gasteiger partial charge < -0.3 is 5.32 Å². The number of nitrogens with one attached hydrogen (secondary N) is 1. The predicted octanol–water partition coefficient (Wildman–Crippen LogP) is 4.55. The third-order valence-electron chi connectivity index (χ3n) is 4.91. The zero-order valence-electron chi connectivity index (χ0n) is 15.1. The van der Waals surface area contributed by atoms with Crippen LogP contribution in [-0.2, 0) is 11.3 Å². The van der Waals surface area contributed by atoms with Crippen LogP contribution >= 0.6 is 11.3 Å². The molecule has 0 spiro atoms. The molecule has 1 aliphatic heterocycles. The van der Waals surface area contributed by atoms with E-state index >= 15 is 0 Å². The molecule has 1 fully saturated rings. The monoisotopic (exact) mass is 399 g/mol. The Labute approximate surface area is 165 Å². The highest BCUT2D eigenvalue weighted by molar-refractivity contribution is 7.07. The Hall–Kier alpha value is -2.64. The van der Waals surface area contributed by atoms with Crippen LogP contribution < -0.4 is 5.32 Å². The second-order valence-corrected chi connectivity index (χ2v) is 7.63. The molecule has 1 aromatic heterocycles. The number of anilines is 1. The molecular weight excluding hydrogens is 380 g/mol. The Balaban J connectivity index is 1.32. The van der Waals surface area contributed by atoms with Crippen molar-refractivity contribution in [2.75, 3.05) is 18.4 Å². The van der Waals surface area contributed by atoms with Crippen molar-refractivity contribution in [3.8, 4) is 11.3 Å². The summed E-state index contributed by atoms with van der Waals surface area (Å²) in [4.78, 5) is 18.9. The van der Waals surface area contributed by atoms with E-state index in [1.165, 1.54) is 6.07 Å². The fourth-order valence-corrected chi connectivity index (χ4v) is 3.97. The molecule has 1 amide bonds. The lowest BCUT2D eigenvalue weighted by molar-refractivity contribution is -0.119. The highest BCUT2D eigenvalue weighted by Gasteiger charge is 2.28. The Morgan fingerprint density at radius 3 is 2.71 bits per heavy atom. The molecular formula is C21H19F2N3OS. The van der Waals surface area contributed by atoms with Crippen LogP contribution in [0.4, 0.5) is 14.5 Å². The Bertz CT molecular complexity index is 960. The molecule has 4 nitrogen and oxygen atoms in total. The molecule has 1 N–H and O–H groups in total. The first-order chi connectivity index (χ1) is 13.6. The standard InChI is InChI=1S/C21H19F2N3OS/c22-18-6-1-14(9-19(18)23)10-26-8-7-16(11-26)21(27)25-17-4-2-15(3-5-17)20-12-28-13-24-20/h1-6,9,12-13,16H,7-8,10-11H2,(H,25,27). The smallest absolute Gasteiger partial charge is 0.228 e. The summed E-state index contributed by atoms with van der Waals surface area (Å²) in [6.07, 6.45) is 0.742. The van der Waals surface area contributed by atoms with Gasteiger partial charge in [0.15, 0.2) is 11.6 Å². The van der Waals surface area contributed by atoms with Gasteiger partial charge in [-0.3, -0.25) is 9.69 Å². The van der Waals surface area contributed by atoms with Gasteiger partial charge in [0.1, 0.15) is 0 Å². The van der Waals surface area contributed by atoms with Crippen molar-refractivity contribution in [3.05, 3.63) is 70.6 Å². The number of benzene rings is 2. The van der Waals surface area contributed by atoms with Gasteiger partial charge in [0, 0.05) is 29.7 Å². The number of halogens is 2. The first-order valence-corrected chi connectivity index (χ1v) is 9.98. The van der Waals surface area contributed by atoms with E-state index in [1.807, 2.05) is 29.6 Å². The molecule has 2 heterocycles. The number of thiazole rings is 1. The molecule has 1 aliphatic rings. The first-order valence-electron chi connectivity index (χ1n) is 9.04. The molecule has 28 heavy (non-hydrogen) atoms. The number of hydrogen-bond acceptors (Lipinski definition) is 4. The minimum atomic E-state index is -0.844. The molecule has 4 rings (SSSR count). The van der Waals surface area contributed by atoms with E-state index in [-0.39, 0.29) is 11.8 Å². The van der Waals surface area contributed by atoms with E-state index in [9.17, 15) is 13.6 Å². The maximum Gasteiger partial charge on any atom is 0.228 e. The van der Waals surface area contributed by atoms with Crippen LogP contribution in [0.3, 0.4) is 0 Å². The summed E-state index contributed by atoms with van der Waals surface area (Å²) in [6.45, 7) is 1.85. The molecule has 0 bridgehead atoms. The third kappa shape index (κ3) is 4.26. The number of carbonyl (C=O) groups excluding carboxylic acids is 1. The fourth-order valence-electron chi connectivity index (χ4n) is 3.41. The Morgan fingerprint density at radius 1 is 1.18 bits per heavy atom. The molecule has 1 unspecified atom stereocenters. The average Bonchev–Trinajstić information content (AvgIpc) is 3.38. The van der Waals surface area contributed by atoms with Gasteiger partial charge in [0.2, 0.25) is 5.91 Å². The summed E-state index contributed by atoms with van der Waals surface area (Å²) in [5.74, 6) is -1.83. The summed E-state index contributed by atoms with van der Waals surface area (Å²) in [5.41, 5.74) is 5.18. The van der Waals surface area contributed by atoms with Gasteiger partial charge in [-0.1, -0.05) is 18.2 Å². The number of nitrogens with zero attached hydrogens (tertiary/aromatic N) is 2. The van der Waals surface area contributed by atoms with E-state index in [1.54, 1.807) is 22.9 Å². The maximum atomic E-state index is 13.4. The molecule has 3 aromatic rings. The molecule has 0 saturated carbocycles. The van der Waals surface area contributed by atoms with Gasteiger partial charge in [0.05, 0.1) is 17.1 Å². The van der Waals surface area contributed by atoms with Gasteiger partial charge in [-0.2, -0.15) is 0 Å². The normalized spacial score (nSPS) is 17.0. The molecule has 1 saturated heterocycles. The quantitative estimate of drug-likeness (QED) is 0.685. The van der Waals surface area contributed by atoms with Crippen LogP contribution in [0.15, 0.2) is 53.4 Å². The van der Waals surface area contributed by atoms with Crippen LogP contribution in [0.2, 0.25) is 0 Å². The average molecular weight is 399 g/mol. The van der Waals surface area contributed by atoms with Crippen LogP contribution in [0.25, 0.3) is 11.3 Å². The predicted molar refractivity (Wildman–Crippen MR) is 106 cm³/mol. The zero-order valence-corrected chi connectivity index (χ0v) is 15.9. The Kier molecular flexibility index (Phi) is 5.45. The minimum Gasteiger partial charge on any atom is -0.326 e. The van der Waals surface area contributed by atoms with Crippen molar-refractivity contribution < 1.29 is 13.6 Å². The van der Waals surface area contributed by atoms with Crippen LogP contribution in [0, 0.1) is 17.6 Å². The van der Waals surface area contributed by atoms with Gasteiger partial charge in [0.25, 0.3) is 0 Å². The molecule has 2 aromatic carbocycles. The highest BCUT2D eigenvalue weighted by Crippen LogP contribution is 2.24. The van der Waals surface area contributed by atoms with Gasteiger partial charge in [-0.05, 0) is 42.8 Å². The summed E-state index contributed by atoms with van der Waals surface area (Å²) < 4.78 is 26.4. The number of rotatable bonds is 5. The van der Waals surface area contributed by atoms with Crippen molar-refractivity contribution >= 4 is 22.9 Å². The van der Waals surface area contributed by atoms with Crippen LogP contribution in [-0.4, -0.2) is 28.9 Å². The first kappa shape index (κ1) is 18.7. The zero-order chi connectivity index (χ0) is 19.5. The van der Waals surface area contributed by atoms with E-state index in [4.69, 9.17) is 0 Å². The van der Waals surface area contributed by atoms with Crippen molar-refractivity contribution in [3.63, 3.8) is 0 Å². The van der Waals surface area contributed by atoms with Gasteiger partial charge in [-0.25, -0.2) is 13.8 Å². The van der Waals surface area contributed by atoms with Gasteiger partial charge in [-0.15, -0.1) is 11.3 Å². The van der Waals surface area contributed by atoms with Crippen LogP contribution in [0.5, 0.6) is 0 Å². The van der Waals surface area contributed by atoms with Gasteiger partial charge >= 0.3 is 0 Å². The number of amides is 1. The summed E-state index contributed by atoms with van der Waals surface area (Å²) in [6, 6.07) is 11.6. The van der Waals surface area contributed by atoms with Crippen LogP contribution in [0.1, 0.15) is 12.0 Å². The highest BCUT2D eigenvalue weighted by atomic mass is 32.1. The summed E-state index contributed by atoms with van der Waals surface area (Å²) in [7, 11) is 0. The van der Waals surface area contributed by atoms with Crippen molar-refractivity contribution in [2.24, 2.45) is 5.92 Å². The molecule has 7 heteroatoms. The van der Waals surface area contributed by atoms with E-state index < -0.39 is 11.6 Å². The number of carbonyl (C=O) groups is 1. The lowest BCUT2D eigenvalue weighted by Crippen LogP contribution is -2.27. The molecule has 0 radical (unpaired) electrons. The number of hydrogen-bond donors (Lipinski definition) is 1. The lowest BCUT2D eigenvalue weighted by atomic mass is 10.1. The second kappa shape index (κ2) is 8.16. The topological polar surface area (TPSA) is 45.2 Å². The largest absolute Gasteiger partial charge is 0.326 e. The number of aromatic nitrogens is 1. The van der Waals surface area contributed by atoms with E-state index in [2.05, 4.69) is 15.2 Å².